The molecule has 2 fully saturated rings. The monoisotopic (exact) mass is 529 g/mol. The van der Waals surface area contributed by atoms with Crippen LogP contribution in [0, 0.1) is 39.7 Å². The number of guanidine groups is 1. The van der Waals surface area contributed by atoms with E-state index in [1.807, 2.05) is 26.0 Å². The zero-order valence-electron chi connectivity index (χ0n) is 22.3. The molecule has 0 bridgehead atoms. The molecule has 1 saturated heterocycles. The van der Waals surface area contributed by atoms with Crippen LogP contribution in [0.2, 0.25) is 5.15 Å². The highest BCUT2D eigenvalue weighted by Crippen LogP contribution is 2.60. The number of aromatic nitrogens is 1. The minimum absolute atomic E-state index is 0.0319. The molecule has 1 aromatic heterocycles. The molecule has 0 aromatic carbocycles. The van der Waals surface area contributed by atoms with Crippen molar-refractivity contribution in [1.82, 2.24) is 15.2 Å². The van der Waals surface area contributed by atoms with Crippen molar-refractivity contribution in [3.63, 3.8) is 0 Å². The van der Waals surface area contributed by atoms with Crippen LogP contribution in [-0.4, -0.2) is 46.0 Å². The zero-order valence-corrected chi connectivity index (χ0v) is 23.1. The first-order chi connectivity index (χ1) is 17.4. The average molecular weight is 530 g/mol. The van der Waals surface area contributed by atoms with Crippen LogP contribution in [0.5, 0.6) is 0 Å². The summed E-state index contributed by atoms with van der Waals surface area (Å²) in [5.41, 5.74) is 3.05. The van der Waals surface area contributed by atoms with Crippen LogP contribution in [0.1, 0.15) is 53.5 Å². The highest BCUT2D eigenvalue weighted by Gasteiger charge is 2.61. The van der Waals surface area contributed by atoms with Crippen LogP contribution >= 0.6 is 11.6 Å². The number of hydrogen-bond donors (Lipinski definition) is 1. The van der Waals surface area contributed by atoms with Gasteiger partial charge in [0.1, 0.15) is 10.3 Å². The molecule has 200 valence electrons. The molecule has 1 aliphatic carbocycles. The van der Waals surface area contributed by atoms with E-state index in [9.17, 15) is 14.9 Å². The van der Waals surface area contributed by atoms with Crippen molar-refractivity contribution in [2.45, 2.75) is 60.6 Å². The number of pyridine rings is 1. The summed E-state index contributed by atoms with van der Waals surface area (Å²) in [5, 5.41) is 16.2. The van der Waals surface area contributed by atoms with Gasteiger partial charge in [0.15, 0.2) is 11.1 Å². The number of nitrogens with one attached hydrogen (secondary N) is 1. The summed E-state index contributed by atoms with van der Waals surface area (Å²) in [7, 11) is 0. The normalized spacial score (nSPS) is 21.6. The van der Waals surface area contributed by atoms with E-state index in [-0.39, 0.29) is 29.2 Å². The molecule has 1 saturated carbocycles. The number of nitro groups is 1. The number of rotatable bonds is 8. The van der Waals surface area contributed by atoms with Crippen molar-refractivity contribution in [3.8, 4) is 12.3 Å². The topological polar surface area (TPSA) is 110 Å². The van der Waals surface area contributed by atoms with Crippen LogP contribution in [0.4, 0.5) is 0 Å². The third-order valence-electron chi connectivity index (χ3n) is 6.31. The SMILES string of the molecule is C#CC(OC(=O)[C@@H]1C(C=C(C)C)C1(C)C)/C(C)=C/CC.O=[N+]([O-])/N=C1\NCCN1Cc1ccc(Cl)nc1. The zero-order chi connectivity index (χ0) is 27.8. The molecule has 9 nitrogen and oxygen atoms in total. The quantitative estimate of drug-likeness (QED) is 0.128. The maximum Gasteiger partial charge on any atom is 0.311 e. The number of ether oxygens (including phenoxy) is 1. The molecule has 2 unspecified atom stereocenters. The number of esters is 1. The summed E-state index contributed by atoms with van der Waals surface area (Å²) >= 11 is 5.68. The number of allylic oxidation sites excluding steroid dienone is 3. The molecular weight excluding hydrogens is 494 g/mol. The van der Waals surface area contributed by atoms with Crippen LogP contribution in [0.25, 0.3) is 0 Å². The number of halogens is 1. The Morgan fingerprint density at radius 2 is 2.16 bits per heavy atom. The van der Waals surface area contributed by atoms with E-state index in [0.717, 1.165) is 17.6 Å². The lowest BCUT2D eigenvalue weighted by Gasteiger charge is -2.14. The predicted octanol–water partition coefficient (Wildman–Crippen LogP) is 4.81. The Labute approximate surface area is 224 Å². The minimum atomic E-state index is -0.708. The Morgan fingerprint density at radius 1 is 1.46 bits per heavy atom. The van der Waals surface area contributed by atoms with Gasteiger partial charge in [0.25, 0.3) is 5.96 Å². The van der Waals surface area contributed by atoms with Crippen molar-refractivity contribution in [2.24, 2.45) is 22.4 Å². The summed E-state index contributed by atoms with van der Waals surface area (Å²) in [4.78, 5) is 28.4. The summed E-state index contributed by atoms with van der Waals surface area (Å²) in [6.45, 7) is 14.1. The van der Waals surface area contributed by atoms with E-state index >= 15 is 0 Å². The first-order valence-electron chi connectivity index (χ1n) is 12.2. The number of nitrogens with zero attached hydrogens (tertiary/aromatic N) is 4. The molecule has 1 N–H and O–H groups in total. The second-order valence-electron chi connectivity index (χ2n) is 9.91. The molecule has 37 heavy (non-hydrogen) atoms. The minimum Gasteiger partial charge on any atom is -0.444 e. The molecule has 3 atom stereocenters. The number of hydrogen-bond acceptors (Lipinski definition) is 5. The largest absolute Gasteiger partial charge is 0.444 e. The maximum absolute atomic E-state index is 12.3. The Bertz CT molecular complexity index is 1100. The highest BCUT2D eigenvalue weighted by atomic mass is 35.5. The third kappa shape index (κ3) is 8.60. The van der Waals surface area contributed by atoms with Crippen LogP contribution < -0.4 is 5.32 Å². The van der Waals surface area contributed by atoms with Gasteiger partial charge in [-0.3, -0.25) is 4.79 Å². The number of carbonyl (C=O) groups excluding carboxylic acids is 1. The van der Waals surface area contributed by atoms with Crippen LogP contribution in [0.3, 0.4) is 0 Å². The maximum atomic E-state index is 12.3. The van der Waals surface area contributed by atoms with Gasteiger partial charge in [-0.1, -0.05) is 62.1 Å². The fraction of sp³-hybridized carbons (Fsp3) is 0.519. The molecule has 10 heteroatoms. The van der Waals surface area contributed by atoms with Crippen molar-refractivity contribution < 1.29 is 14.6 Å². The van der Waals surface area contributed by atoms with E-state index in [2.05, 4.69) is 55.1 Å². The summed E-state index contributed by atoms with van der Waals surface area (Å²) in [6.07, 6.45) is 11.6. The Kier molecular flexibility index (Phi) is 10.7. The van der Waals surface area contributed by atoms with Gasteiger partial charge in [-0.2, -0.15) is 0 Å². The van der Waals surface area contributed by atoms with Gasteiger partial charge >= 0.3 is 5.97 Å². The van der Waals surface area contributed by atoms with E-state index in [1.165, 1.54) is 5.57 Å². The van der Waals surface area contributed by atoms with Crippen molar-refractivity contribution >= 4 is 23.5 Å². The molecule has 2 aliphatic rings. The lowest BCUT2D eigenvalue weighted by atomic mass is 10.1. The highest BCUT2D eigenvalue weighted by molar-refractivity contribution is 6.29. The molecule has 3 rings (SSSR count). The van der Waals surface area contributed by atoms with Crippen LogP contribution in [-0.2, 0) is 16.1 Å². The second-order valence-corrected chi connectivity index (χ2v) is 10.3. The summed E-state index contributed by atoms with van der Waals surface area (Å²) < 4.78 is 5.51. The van der Waals surface area contributed by atoms with E-state index in [0.29, 0.717) is 24.8 Å². The second kappa shape index (κ2) is 13.2. The van der Waals surface area contributed by atoms with Crippen molar-refractivity contribution in [2.75, 3.05) is 13.1 Å². The number of terminal acetylenes is 1. The first-order valence-corrected chi connectivity index (χ1v) is 12.6. The summed E-state index contributed by atoms with van der Waals surface area (Å²) in [5.74, 6) is 2.84. The number of carbonyl (C=O) groups is 1. The van der Waals surface area contributed by atoms with Gasteiger partial charge in [0.2, 0.25) is 0 Å². The van der Waals surface area contributed by atoms with Gasteiger partial charge in [-0.05, 0) is 55.7 Å². The van der Waals surface area contributed by atoms with E-state index < -0.39 is 11.1 Å². The van der Waals surface area contributed by atoms with Gasteiger partial charge in [-0.15, -0.1) is 6.42 Å². The number of hydrazone groups is 1. The average Bonchev–Trinajstić information content (AvgIpc) is 3.11. The lowest BCUT2D eigenvalue weighted by molar-refractivity contribution is -0.485. The molecular formula is C27H36ClN5O4. The molecule has 1 aliphatic heterocycles. The van der Waals surface area contributed by atoms with Crippen molar-refractivity contribution in [3.05, 3.63) is 62.5 Å². The molecule has 0 amide bonds. The fourth-order valence-electron chi connectivity index (χ4n) is 4.25. The van der Waals surface area contributed by atoms with E-state index in [4.69, 9.17) is 22.8 Å². The Morgan fingerprint density at radius 3 is 2.70 bits per heavy atom. The smallest absolute Gasteiger partial charge is 0.311 e. The molecule has 2 heterocycles. The molecule has 0 spiro atoms. The molecule has 1 aromatic rings. The van der Waals surface area contributed by atoms with Crippen LogP contribution in [0.15, 0.2) is 46.7 Å². The van der Waals surface area contributed by atoms with Crippen molar-refractivity contribution in [1.29, 1.82) is 0 Å². The van der Waals surface area contributed by atoms with Gasteiger partial charge in [-0.25, -0.2) is 15.1 Å². The van der Waals surface area contributed by atoms with Gasteiger partial charge in [0, 0.05) is 25.8 Å². The van der Waals surface area contributed by atoms with Gasteiger partial charge < -0.3 is 15.0 Å². The Hall–Kier alpha value is -3.38. The first kappa shape index (κ1) is 29.8. The fourth-order valence-corrected chi connectivity index (χ4v) is 4.36. The van der Waals surface area contributed by atoms with Gasteiger partial charge in [0.05, 0.1) is 5.92 Å². The lowest BCUT2D eigenvalue weighted by Crippen LogP contribution is -2.30. The summed E-state index contributed by atoms with van der Waals surface area (Å²) in [6, 6.07) is 3.52. The third-order valence-corrected chi connectivity index (χ3v) is 6.53. The molecule has 0 radical (unpaired) electrons. The Balaban J connectivity index is 0.000000263. The standard InChI is InChI=1S/C18H26O2.C9H10ClN5O2/c1-8-10-13(5)15(9-2)20-17(19)16-14(11-12(3)4)18(16,6)7;10-8-2-1-7(5-12-8)6-14-4-3-11-9(14)13-15(16)17/h2,10-11,14-16H,8H2,1,3-7H3;1-2,5H,3-4,6H2,(H,11,13)/b13-10+;/t14?,15?,16-;/m0./s1. The predicted molar refractivity (Wildman–Crippen MR) is 145 cm³/mol. The van der Waals surface area contributed by atoms with E-state index in [1.54, 1.807) is 17.2 Å².